The number of phenols is 1. The molecule has 1 aliphatic rings. The SMILES string of the molecule is Oc1cc(C(F)(F)F)ccc1-c1nnc(NC2CCCCC2O)c2cnccc12. The van der Waals surface area contributed by atoms with Crippen LogP contribution >= 0.6 is 0 Å². The number of aromatic nitrogens is 3. The summed E-state index contributed by atoms with van der Waals surface area (Å²) in [5.41, 5.74) is -0.545. The zero-order valence-corrected chi connectivity index (χ0v) is 15.3. The van der Waals surface area contributed by atoms with E-state index in [-0.39, 0.29) is 17.3 Å². The summed E-state index contributed by atoms with van der Waals surface area (Å²) in [7, 11) is 0. The molecule has 2 heterocycles. The Morgan fingerprint density at radius 2 is 1.83 bits per heavy atom. The number of alkyl halides is 3. The molecule has 0 spiro atoms. The van der Waals surface area contributed by atoms with Gasteiger partial charge in [0.2, 0.25) is 0 Å². The Kier molecular flexibility index (Phi) is 4.99. The van der Waals surface area contributed by atoms with Crippen molar-refractivity contribution in [2.75, 3.05) is 5.32 Å². The topological polar surface area (TPSA) is 91.2 Å². The van der Waals surface area contributed by atoms with Crippen LogP contribution in [0.5, 0.6) is 5.75 Å². The molecule has 0 radical (unpaired) electrons. The normalized spacial score (nSPS) is 20.0. The van der Waals surface area contributed by atoms with Crippen LogP contribution in [0.15, 0.2) is 36.7 Å². The standard InChI is InChI=1S/C20H19F3N4O2/c21-20(22,23)11-5-6-13(17(29)9-11)18-12-7-8-24-10-14(12)19(27-26-18)25-15-3-1-2-4-16(15)28/h5-10,15-16,28-29H,1-4H2,(H,25,27). The van der Waals surface area contributed by atoms with Crippen molar-refractivity contribution in [3.8, 4) is 17.0 Å². The van der Waals surface area contributed by atoms with E-state index in [1.807, 2.05) is 0 Å². The van der Waals surface area contributed by atoms with E-state index in [1.165, 1.54) is 12.3 Å². The number of aliphatic hydroxyl groups is 1. The van der Waals surface area contributed by atoms with Gasteiger partial charge in [0.1, 0.15) is 11.4 Å². The van der Waals surface area contributed by atoms with Crippen molar-refractivity contribution >= 4 is 16.6 Å². The van der Waals surface area contributed by atoms with E-state index in [0.29, 0.717) is 29.1 Å². The quantitative estimate of drug-likeness (QED) is 0.608. The average molecular weight is 404 g/mol. The van der Waals surface area contributed by atoms with E-state index >= 15 is 0 Å². The molecule has 1 fully saturated rings. The minimum absolute atomic E-state index is 0.144. The van der Waals surface area contributed by atoms with Crippen LogP contribution in [0.4, 0.5) is 19.0 Å². The summed E-state index contributed by atoms with van der Waals surface area (Å²) in [6.45, 7) is 0. The van der Waals surface area contributed by atoms with E-state index in [1.54, 1.807) is 12.3 Å². The van der Waals surface area contributed by atoms with Crippen molar-refractivity contribution < 1.29 is 23.4 Å². The highest BCUT2D eigenvalue weighted by Crippen LogP contribution is 2.38. The summed E-state index contributed by atoms with van der Waals surface area (Å²) in [5, 5.41) is 33.2. The minimum Gasteiger partial charge on any atom is -0.507 e. The molecule has 2 atom stereocenters. The molecule has 1 aromatic carbocycles. The van der Waals surface area contributed by atoms with Gasteiger partial charge in [0.05, 0.1) is 17.7 Å². The molecule has 2 aromatic heterocycles. The number of pyridine rings is 1. The summed E-state index contributed by atoms with van der Waals surface area (Å²) in [6, 6.07) is 4.26. The molecule has 1 saturated carbocycles. The molecule has 9 heteroatoms. The van der Waals surface area contributed by atoms with Crippen LogP contribution in [0.3, 0.4) is 0 Å². The molecule has 0 aliphatic heterocycles. The number of hydrogen-bond acceptors (Lipinski definition) is 6. The van der Waals surface area contributed by atoms with Crippen LogP contribution in [0.25, 0.3) is 22.0 Å². The lowest BCUT2D eigenvalue weighted by Crippen LogP contribution is -2.36. The van der Waals surface area contributed by atoms with Crippen molar-refractivity contribution in [1.29, 1.82) is 0 Å². The zero-order valence-electron chi connectivity index (χ0n) is 15.3. The number of aliphatic hydroxyl groups excluding tert-OH is 1. The van der Waals surface area contributed by atoms with E-state index in [4.69, 9.17) is 0 Å². The lowest BCUT2D eigenvalue weighted by Gasteiger charge is -2.29. The van der Waals surface area contributed by atoms with Gasteiger partial charge >= 0.3 is 6.18 Å². The molecule has 0 saturated heterocycles. The second kappa shape index (κ2) is 7.47. The van der Waals surface area contributed by atoms with Gasteiger partial charge in [-0.1, -0.05) is 12.8 Å². The van der Waals surface area contributed by atoms with Gasteiger partial charge in [0, 0.05) is 28.7 Å². The largest absolute Gasteiger partial charge is 0.507 e. The third-order valence-corrected chi connectivity index (χ3v) is 5.21. The van der Waals surface area contributed by atoms with Crippen molar-refractivity contribution in [2.45, 2.75) is 44.0 Å². The van der Waals surface area contributed by atoms with Crippen LogP contribution in [-0.4, -0.2) is 37.5 Å². The van der Waals surface area contributed by atoms with Crippen LogP contribution in [-0.2, 0) is 6.18 Å². The number of nitrogens with one attached hydrogen (secondary N) is 1. The number of aromatic hydroxyl groups is 1. The maximum Gasteiger partial charge on any atom is 0.416 e. The molecule has 4 rings (SSSR count). The molecular weight excluding hydrogens is 385 g/mol. The van der Waals surface area contributed by atoms with Crippen molar-refractivity contribution in [3.05, 3.63) is 42.2 Å². The number of hydrogen-bond donors (Lipinski definition) is 3. The van der Waals surface area contributed by atoms with E-state index in [9.17, 15) is 23.4 Å². The Morgan fingerprint density at radius 1 is 1.03 bits per heavy atom. The number of fused-ring (bicyclic) bond motifs is 1. The second-order valence-corrected chi connectivity index (χ2v) is 7.15. The number of halogens is 3. The van der Waals surface area contributed by atoms with E-state index in [2.05, 4.69) is 20.5 Å². The number of nitrogens with zero attached hydrogens (tertiary/aromatic N) is 3. The van der Waals surface area contributed by atoms with Crippen molar-refractivity contribution in [2.24, 2.45) is 0 Å². The van der Waals surface area contributed by atoms with Gasteiger partial charge in [0.15, 0.2) is 5.82 Å². The van der Waals surface area contributed by atoms with Gasteiger partial charge < -0.3 is 15.5 Å². The van der Waals surface area contributed by atoms with Gasteiger partial charge in [0.25, 0.3) is 0 Å². The molecule has 6 nitrogen and oxygen atoms in total. The molecule has 0 bridgehead atoms. The lowest BCUT2D eigenvalue weighted by molar-refractivity contribution is -0.137. The van der Waals surface area contributed by atoms with Gasteiger partial charge in [-0.2, -0.15) is 13.2 Å². The molecule has 3 N–H and O–H groups in total. The Bertz CT molecular complexity index is 1040. The highest BCUT2D eigenvalue weighted by atomic mass is 19.4. The van der Waals surface area contributed by atoms with Gasteiger partial charge in [-0.25, -0.2) is 0 Å². The second-order valence-electron chi connectivity index (χ2n) is 7.15. The predicted octanol–water partition coefficient (Wildman–Crippen LogP) is 4.13. The molecule has 0 amide bonds. The first kappa shape index (κ1) is 19.4. The summed E-state index contributed by atoms with van der Waals surface area (Å²) in [5.74, 6) is -0.0927. The maximum atomic E-state index is 12.9. The minimum atomic E-state index is -4.55. The summed E-state index contributed by atoms with van der Waals surface area (Å²) >= 11 is 0. The molecular formula is C20H19F3N4O2. The fraction of sp³-hybridized carbons (Fsp3) is 0.350. The predicted molar refractivity (Wildman–Crippen MR) is 101 cm³/mol. The number of anilines is 1. The molecule has 1 aliphatic carbocycles. The zero-order chi connectivity index (χ0) is 20.6. The van der Waals surface area contributed by atoms with E-state index < -0.39 is 23.6 Å². The highest BCUT2D eigenvalue weighted by Gasteiger charge is 2.31. The van der Waals surface area contributed by atoms with Crippen LogP contribution < -0.4 is 5.32 Å². The smallest absolute Gasteiger partial charge is 0.416 e. The van der Waals surface area contributed by atoms with E-state index in [0.717, 1.165) is 25.3 Å². The van der Waals surface area contributed by atoms with Crippen molar-refractivity contribution in [1.82, 2.24) is 15.2 Å². The first-order chi connectivity index (χ1) is 13.8. The summed E-state index contributed by atoms with van der Waals surface area (Å²) in [4.78, 5) is 4.11. The average Bonchev–Trinajstić information content (AvgIpc) is 2.69. The Morgan fingerprint density at radius 3 is 2.55 bits per heavy atom. The number of phenolic OH excluding ortho intramolecular Hbond substituents is 1. The molecule has 3 aromatic rings. The van der Waals surface area contributed by atoms with Crippen LogP contribution in [0.2, 0.25) is 0 Å². The third kappa shape index (κ3) is 3.82. The Labute approximate surface area is 164 Å². The fourth-order valence-corrected chi connectivity index (χ4v) is 3.67. The Balaban J connectivity index is 1.76. The highest BCUT2D eigenvalue weighted by molar-refractivity contribution is 6.00. The van der Waals surface area contributed by atoms with Gasteiger partial charge in [-0.15, -0.1) is 10.2 Å². The molecule has 2 unspecified atom stereocenters. The first-order valence-corrected chi connectivity index (χ1v) is 9.30. The number of benzene rings is 1. The monoisotopic (exact) mass is 404 g/mol. The summed E-state index contributed by atoms with van der Waals surface area (Å²) < 4.78 is 38.7. The summed E-state index contributed by atoms with van der Waals surface area (Å²) in [6.07, 6.45) is 1.54. The number of rotatable bonds is 3. The van der Waals surface area contributed by atoms with Crippen LogP contribution in [0.1, 0.15) is 31.2 Å². The fourth-order valence-electron chi connectivity index (χ4n) is 3.67. The molecule has 29 heavy (non-hydrogen) atoms. The third-order valence-electron chi connectivity index (χ3n) is 5.21. The molecule has 152 valence electrons. The van der Waals surface area contributed by atoms with Gasteiger partial charge in [-0.05, 0) is 37.1 Å². The van der Waals surface area contributed by atoms with Crippen LogP contribution in [0, 0.1) is 0 Å². The van der Waals surface area contributed by atoms with Gasteiger partial charge in [-0.3, -0.25) is 4.98 Å². The lowest BCUT2D eigenvalue weighted by atomic mass is 9.92. The first-order valence-electron chi connectivity index (χ1n) is 9.30. The Hall–Kier alpha value is -2.94. The maximum absolute atomic E-state index is 12.9. The van der Waals surface area contributed by atoms with Crippen molar-refractivity contribution in [3.63, 3.8) is 0 Å².